The van der Waals surface area contributed by atoms with Crippen molar-refractivity contribution < 1.29 is 27.5 Å². The number of nitrogens with zero attached hydrogens (tertiary/aromatic N) is 4. The first-order valence-electron chi connectivity index (χ1n) is 14.3. The van der Waals surface area contributed by atoms with E-state index in [1.54, 1.807) is 29.3 Å². The Kier molecular flexibility index (Phi) is 10.4. The molecule has 0 radical (unpaired) electrons. The normalized spacial score (nSPS) is 19.6. The summed E-state index contributed by atoms with van der Waals surface area (Å²) in [5.41, 5.74) is 1.67. The average molecular weight is 589 g/mol. The fourth-order valence-electron chi connectivity index (χ4n) is 5.98. The molecule has 2 aromatic rings. The molecule has 0 spiro atoms. The molecule has 2 heterocycles. The molecule has 2 aliphatic heterocycles. The van der Waals surface area contributed by atoms with Crippen molar-refractivity contribution in [2.24, 2.45) is 0 Å². The summed E-state index contributed by atoms with van der Waals surface area (Å²) in [5, 5.41) is 13.0. The molecule has 1 N–H and O–H groups in total. The minimum absolute atomic E-state index is 0.0241. The smallest absolute Gasteiger partial charge is 0.422 e. The summed E-state index contributed by atoms with van der Waals surface area (Å²) in [7, 11) is -3.28. The Hall–Kier alpha value is -3.02. The van der Waals surface area contributed by atoms with Crippen LogP contribution in [0.5, 0.6) is 0 Å². The number of amides is 2. The second-order valence-electron chi connectivity index (χ2n) is 11.0. The molecule has 41 heavy (non-hydrogen) atoms. The molecule has 0 aliphatic carbocycles. The number of benzene rings is 2. The molecule has 2 atom stereocenters. The van der Waals surface area contributed by atoms with Gasteiger partial charge in [-0.05, 0) is 55.9 Å². The Morgan fingerprint density at radius 2 is 1.68 bits per heavy atom. The van der Waals surface area contributed by atoms with Crippen molar-refractivity contribution in [2.75, 3.05) is 45.5 Å². The zero-order valence-electron chi connectivity index (χ0n) is 23.9. The molecule has 2 amide bonds. The summed E-state index contributed by atoms with van der Waals surface area (Å²) < 4.78 is 37.4. The van der Waals surface area contributed by atoms with Gasteiger partial charge in [-0.2, -0.15) is 0 Å². The number of sulfone groups is 1. The maximum atomic E-state index is 14.0. The van der Waals surface area contributed by atoms with Crippen molar-refractivity contribution >= 4 is 21.8 Å². The van der Waals surface area contributed by atoms with Crippen molar-refractivity contribution in [2.45, 2.75) is 62.2 Å². The monoisotopic (exact) mass is 588 g/mol. The van der Waals surface area contributed by atoms with Crippen LogP contribution in [0.25, 0.3) is 0 Å². The van der Waals surface area contributed by atoms with Crippen LogP contribution in [0.3, 0.4) is 0 Å². The summed E-state index contributed by atoms with van der Waals surface area (Å²) in [4.78, 5) is 30.0. The minimum Gasteiger partial charge on any atom is -0.464 e. The summed E-state index contributed by atoms with van der Waals surface area (Å²) >= 11 is 0. The largest absolute Gasteiger partial charge is 0.464 e. The van der Waals surface area contributed by atoms with Gasteiger partial charge in [0.25, 0.3) is 0 Å². The highest BCUT2D eigenvalue weighted by Gasteiger charge is 2.36. The van der Waals surface area contributed by atoms with Crippen LogP contribution in [-0.4, -0.2) is 103 Å². The fourth-order valence-corrected chi connectivity index (χ4v) is 6.61. The summed E-state index contributed by atoms with van der Waals surface area (Å²) in [6.45, 7) is 5.32. The molecular weight excluding hydrogens is 547 g/mol. The van der Waals surface area contributed by atoms with E-state index >= 15 is 0 Å². The van der Waals surface area contributed by atoms with Crippen LogP contribution in [0.1, 0.15) is 49.8 Å². The average Bonchev–Trinajstić information content (AvgIpc) is 3.37. The molecule has 2 fully saturated rings. The van der Waals surface area contributed by atoms with Gasteiger partial charge in [-0.25, -0.2) is 27.6 Å². The molecule has 9 nitrogen and oxygen atoms in total. The maximum Gasteiger partial charge on any atom is 0.422 e. The summed E-state index contributed by atoms with van der Waals surface area (Å²) in [5.74, 6) is 0.0241. The first kappa shape index (κ1) is 30.9. The van der Waals surface area contributed by atoms with E-state index in [4.69, 9.17) is 0 Å². The standard InChI is InChI=1S/C30H41FN4O5S/c1-3-34(29(36)21-23-9-11-27(12-10-23)41(2,39)40)26-14-17-32(18-15-26)19-16-28(24-7-5-4-6-8-24)35(30(37)38)33-20-13-25(31)22-33/h4-12,25-26,28H,3,13-22H2,1-2H3,(H,37,38)/t25-,28+/m1/s1. The third-order valence-electron chi connectivity index (χ3n) is 8.17. The number of piperidine rings is 1. The first-order chi connectivity index (χ1) is 19.6. The van der Waals surface area contributed by atoms with Crippen LogP contribution in [0.2, 0.25) is 0 Å². The van der Waals surface area contributed by atoms with Gasteiger partial charge in [0.05, 0.1) is 17.4 Å². The number of carboxylic acid groups (broad SMARTS) is 1. The number of carbonyl (C=O) groups is 2. The number of hydrogen-bond acceptors (Lipinski definition) is 6. The van der Waals surface area contributed by atoms with Crippen molar-refractivity contribution in [3.63, 3.8) is 0 Å². The Morgan fingerprint density at radius 3 is 2.22 bits per heavy atom. The molecular formula is C30H41FN4O5S. The van der Waals surface area contributed by atoms with Crippen molar-refractivity contribution in [1.82, 2.24) is 19.8 Å². The van der Waals surface area contributed by atoms with Crippen LogP contribution in [-0.2, 0) is 21.1 Å². The molecule has 2 aliphatic rings. The highest BCUT2D eigenvalue weighted by atomic mass is 32.2. The molecule has 2 saturated heterocycles. The highest BCUT2D eigenvalue weighted by molar-refractivity contribution is 7.90. The molecule has 4 rings (SSSR count). The van der Waals surface area contributed by atoms with Gasteiger partial charge in [0.2, 0.25) is 5.91 Å². The highest BCUT2D eigenvalue weighted by Crippen LogP contribution is 2.30. The number of likely N-dealkylation sites (N-methyl/N-ethyl adjacent to an activating group) is 1. The van der Waals surface area contributed by atoms with Gasteiger partial charge in [-0.15, -0.1) is 0 Å². The number of rotatable bonds is 11. The number of alkyl halides is 1. The van der Waals surface area contributed by atoms with Crippen molar-refractivity contribution in [3.8, 4) is 0 Å². The maximum absolute atomic E-state index is 14.0. The SMILES string of the molecule is CCN(C(=O)Cc1ccc(S(C)(=O)=O)cc1)C1CCN(CC[C@@H](c2ccccc2)N(C(=O)O)N2CC[C@@H](F)C2)CC1. The number of hydrazine groups is 1. The van der Waals surface area contributed by atoms with Crippen LogP contribution in [0, 0.1) is 0 Å². The van der Waals surface area contributed by atoms with E-state index in [1.165, 1.54) is 5.01 Å². The Bertz CT molecular complexity index is 1270. The van der Waals surface area contributed by atoms with Gasteiger partial charge < -0.3 is 14.9 Å². The molecule has 11 heteroatoms. The fraction of sp³-hybridized carbons (Fsp3) is 0.533. The van der Waals surface area contributed by atoms with E-state index in [-0.39, 0.29) is 29.8 Å². The number of hydrogen-bond donors (Lipinski definition) is 1. The molecule has 2 aromatic carbocycles. The second kappa shape index (κ2) is 13.8. The molecule has 0 bridgehead atoms. The topological polar surface area (TPSA) is 101 Å². The quantitative estimate of drug-likeness (QED) is 0.423. The lowest BCUT2D eigenvalue weighted by Crippen LogP contribution is -2.49. The van der Waals surface area contributed by atoms with Crippen molar-refractivity contribution in [1.29, 1.82) is 0 Å². The Balaban J connectivity index is 1.35. The Morgan fingerprint density at radius 1 is 1.02 bits per heavy atom. The van der Waals surface area contributed by atoms with Crippen molar-refractivity contribution in [3.05, 3.63) is 65.7 Å². The van der Waals surface area contributed by atoms with Gasteiger partial charge in [0.15, 0.2) is 9.84 Å². The second-order valence-corrected chi connectivity index (χ2v) is 13.0. The van der Waals surface area contributed by atoms with E-state index in [0.29, 0.717) is 32.5 Å². The van der Waals surface area contributed by atoms with E-state index in [0.717, 1.165) is 43.3 Å². The molecule has 0 aromatic heterocycles. The van der Waals surface area contributed by atoms with Gasteiger partial charge in [0, 0.05) is 51.6 Å². The third kappa shape index (κ3) is 8.05. The van der Waals surface area contributed by atoms with Gasteiger partial charge >= 0.3 is 6.09 Å². The van der Waals surface area contributed by atoms with E-state index in [2.05, 4.69) is 4.90 Å². The number of carbonyl (C=O) groups excluding carboxylic acids is 1. The molecule has 224 valence electrons. The zero-order valence-corrected chi connectivity index (χ0v) is 24.7. The van der Waals surface area contributed by atoms with Crippen LogP contribution >= 0.6 is 0 Å². The Labute approximate surface area is 242 Å². The van der Waals surface area contributed by atoms with Gasteiger partial charge in [0.1, 0.15) is 6.17 Å². The lowest BCUT2D eigenvalue weighted by atomic mass is 9.99. The van der Waals surface area contributed by atoms with E-state index in [9.17, 15) is 27.5 Å². The van der Waals surface area contributed by atoms with Gasteiger partial charge in [-0.3, -0.25) is 4.79 Å². The van der Waals surface area contributed by atoms with Crippen LogP contribution in [0.15, 0.2) is 59.5 Å². The van der Waals surface area contributed by atoms with Crippen LogP contribution < -0.4 is 0 Å². The lowest BCUT2D eigenvalue weighted by molar-refractivity contribution is -0.133. The van der Waals surface area contributed by atoms with Gasteiger partial charge in [-0.1, -0.05) is 42.5 Å². The number of halogens is 1. The van der Waals surface area contributed by atoms with Crippen LogP contribution in [0.4, 0.5) is 9.18 Å². The first-order valence-corrected chi connectivity index (χ1v) is 16.2. The lowest BCUT2D eigenvalue weighted by Gasteiger charge is -2.40. The summed E-state index contributed by atoms with van der Waals surface area (Å²) in [6, 6.07) is 15.7. The minimum atomic E-state index is -3.28. The third-order valence-corrected chi connectivity index (χ3v) is 9.30. The molecule has 0 saturated carbocycles. The summed E-state index contributed by atoms with van der Waals surface area (Å²) in [6.07, 6.45) is 1.83. The molecule has 0 unspecified atom stereocenters. The predicted molar refractivity (Wildman–Crippen MR) is 155 cm³/mol. The predicted octanol–water partition coefficient (Wildman–Crippen LogP) is 4.02. The van der Waals surface area contributed by atoms with E-state index in [1.807, 2.05) is 42.2 Å². The number of likely N-dealkylation sites (tertiary alicyclic amines) is 1. The van der Waals surface area contributed by atoms with E-state index < -0.39 is 28.1 Å². The zero-order chi connectivity index (χ0) is 29.6.